The summed E-state index contributed by atoms with van der Waals surface area (Å²) in [7, 11) is 3.62. The fraction of sp³-hybridized carbons (Fsp3) is 0.358. The zero-order valence-electron chi connectivity index (χ0n) is 37.6. The van der Waals surface area contributed by atoms with Crippen molar-refractivity contribution in [1.82, 2.24) is 15.1 Å². The zero-order valence-corrected chi connectivity index (χ0v) is 38.4. The number of aromatic hydroxyl groups is 1. The normalized spacial score (nSPS) is 21.6. The molecule has 1 fully saturated rings. The van der Waals surface area contributed by atoms with Crippen LogP contribution in [0.3, 0.4) is 0 Å². The number of likely N-dealkylation sites (N-methyl/N-ethyl adjacent to an activating group) is 1. The van der Waals surface area contributed by atoms with Gasteiger partial charge < -0.3 is 33.5 Å². The first-order chi connectivity index (χ1) is 32.2. The number of hydrogen-bond acceptors (Lipinski definition) is 12. The molecule has 2 N–H and O–H groups in total. The number of nitrogens with one attached hydrogen (secondary N) is 1. The fourth-order valence-electron chi connectivity index (χ4n) is 11.3. The third-order valence-corrected chi connectivity index (χ3v) is 15.2. The lowest BCUT2D eigenvalue weighted by Crippen LogP contribution is -2.68. The lowest BCUT2D eigenvalue weighted by atomic mass is 9.71. The molecule has 1 aliphatic carbocycles. The maximum atomic E-state index is 13.7. The van der Waals surface area contributed by atoms with Crippen molar-refractivity contribution in [3.8, 4) is 45.9 Å². The summed E-state index contributed by atoms with van der Waals surface area (Å²) in [5, 5.41) is 26.4. The first kappa shape index (κ1) is 43.7. The van der Waals surface area contributed by atoms with Crippen LogP contribution in [0.2, 0.25) is 0 Å². The van der Waals surface area contributed by atoms with Gasteiger partial charge in [-0.15, -0.1) is 0 Å². The van der Waals surface area contributed by atoms with Crippen molar-refractivity contribution in [2.75, 3.05) is 45.7 Å². The van der Waals surface area contributed by atoms with Crippen LogP contribution in [0.5, 0.6) is 28.7 Å². The summed E-state index contributed by atoms with van der Waals surface area (Å²) < 4.78 is 37.6. The van der Waals surface area contributed by atoms with Crippen LogP contribution in [-0.2, 0) is 28.9 Å². The molecule has 4 heterocycles. The molecule has 10 rings (SSSR count). The van der Waals surface area contributed by atoms with Gasteiger partial charge in [-0.1, -0.05) is 97.6 Å². The Hall–Kier alpha value is -6.17. The van der Waals surface area contributed by atoms with Gasteiger partial charge in [-0.05, 0) is 72.7 Å². The van der Waals surface area contributed by atoms with E-state index in [4.69, 9.17) is 28.4 Å². The highest BCUT2D eigenvalue weighted by Crippen LogP contribution is 2.58. The van der Waals surface area contributed by atoms with E-state index in [1.165, 1.54) is 22.3 Å². The first-order valence-electron chi connectivity index (χ1n) is 22.5. The van der Waals surface area contributed by atoms with E-state index in [9.17, 15) is 15.2 Å². The smallest absolute Gasteiger partial charge is 0.409 e. The number of phenols is 1. The van der Waals surface area contributed by atoms with Gasteiger partial charge >= 0.3 is 6.09 Å². The minimum Gasteiger partial charge on any atom is -0.504 e. The number of nitrogens with zero attached hydrogens (tertiary/aromatic N) is 3. The number of thioether (sulfide) groups is 1. The number of carbonyl (C=O) groups is 1. The van der Waals surface area contributed by atoms with Crippen LogP contribution in [0.25, 0.3) is 11.1 Å². The largest absolute Gasteiger partial charge is 0.504 e. The molecule has 12 nitrogen and oxygen atoms in total. The van der Waals surface area contributed by atoms with Crippen LogP contribution in [0, 0.1) is 25.2 Å². The van der Waals surface area contributed by atoms with Crippen LogP contribution in [0.4, 0.5) is 4.79 Å². The molecule has 0 radical (unpaired) electrons. The maximum absolute atomic E-state index is 13.7. The van der Waals surface area contributed by atoms with E-state index in [1.54, 1.807) is 24.9 Å². The molecule has 5 aliphatic rings. The molecular weight excluding hydrogens is 853 g/mol. The predicted molar refractivity (Wildman–Crippen MR) is 252 cm³/mol. The number of phenolic OH excluding ortho intramolecular Hbond substituents is 1. The van der Waals surface area contributed by atoms with Crippen molar-refractivity contribution in [2.45, 2.75) is 75.7 Å². The number of piperazine rings is 1. The SMILES string of the molecule is C=CCOc1c(C)c2c(c3c1CC1[C@@H]4c5c(cc(C)c(OC)c5O)C[C@H]([C@H](C#N)N1[C@H]3COC(CSCC1c3ccccc3-c3ccccc31)NC(=O)OCc1ccccc1)N4C)OCO2. The number of rotatable bonds is 14. The molecule has 2 bridgehead atoms. The van der Waals surface area contributed by atoms with Crippen LogP contribution in [-0.4, -0.2) is 91.0 Å². The van der Waals surface area contributed by atoms with Gasteiger partial charge in [0.1, 0.15) is 31.2 Å². The minimum absolute atomic E-state index is 0.0299. The molecule has 0 aromatic heterocycles. The summed E-state index contributed by atoms with van der Waals surface area (Å²) >= 11 is 1.71. The van der Waals surface area contributed by atoms with Crippen molar-refractivity contribution < 1.29 is 38.3 Å². The molecule has 5 aromatic rings. The number of amides is 1. The van der Waals surface area contributed by atoms with Crippen LogP contribution < -0.4 is 24.3 Å². The van der Waals surface area contributed by atoms with Crippen LogP contribution in [0.15, 0.2) is 97.6 Å². The van der Waals surface area contributed by atoms with Gasteiger partial charge in [-0.3, -0.25) is 15.1 Å². The Balaban J connectivity index is 1.02. The number of fused-ring (bicyclic) bond motifs is 12. The van der Waals surface area contributed by atoms with Gasteiger partial charge in [0, 0.05) is 51.8 Å². The number of nitriles is 1. The molecule has 1 saturated heterocycles. The number of aryl methyl sites for hydroxylation is 1. The number of alkyl carbamates (subject to hydrolysis) is 1. The van der Waals surface area contributed by atoms with Gasteiger partial charge in [0.05, 0.1) is 31.9 Å². The zero-order chi connectivity index (χ0) is 45.6. The summed E-state index contributed by atoms with van der Waals surface area (Å²) in [6, 6.07) is 29.5. The average Bonchev–Trinajstić information content (AvgIpc) is 3.94. The van der Waals surface area contributed by atoms with E-state index >= 15 is 0 Å². The molecule has 2 unspecified atom stereocenters. The Bertz CT molecular complexity index is 2680. The summed E-state index contributed by atoms with van der Waals surface area (Å²) in [6.45, 7) is 8.31. The van der Waals surface area contributed by atoms with Crippen LogP contribution in [0.1, 0.15) is 68.1 Å². The van der Waals surface area contributed by atoms with Gasteiger partial charge in [-0.2, -0.15) is 17.0 Å². The number of benzene rings is 5. The molecule has 66 heavy (non-hydrogen) atoms. The molecule has 0 spiro atoms. The topological polar surface area (TPSA) is 135 Å². The van der Waals surface area contributed by atoms with Crippen molar-refractivity contribution in [3.63, 3.8) is 0 Å². The molecule has 340 valence electrons. The van der Waals surface area contributed by atoms with Gasteiger partial charge in [0.15, 0.2) is 23.0 Å². The van der Waals surface area contributed by atoms with E-state index < -0.39 is 24.4 Å². The Morgan fingerprint density at radius 1 is 0.985 bits per heavy atom. The number of ether oxygens (including phenoxy) is 6. The van der Waals surface area contributed by atoms with Crippen molar-refractivity contribution in [1.29, 1.82) is 5.26 Å². The number of carbonyl (C=O) groups excluding carboxylic acids is 1. The lowest BCUT2D eigenvalue weighted by molar-refractivity contribution is -0.0971. The Kier molecular flexibility index (Phi) is 12.1. The highest BCUT2D eigenvalue weighted by atomic mass is 32.2. The standard InChI is InChI=1S/C53H54N4O8S/c1-6-20-61-50-31(3)51-52(65-29-64-51)46-38(50)23-41-47-45-33(21-30(2)49(60-5)48(45)58)22-40(56(47)4)42(24-54)57(41)43(46)26-62-44(55-53(59)63-25-32-14-8-7-9-15-32)28-66-27-39-36-18-12-10-16-34(36)35-17-11-13-19-37(35)39/h6-19,21,39-44,47,58H,1,20,22-23,25-29H2,2-5H3,(H,55,59)/t40-,41?,42+,43+,44?,47-/m1/s1. The van der Waals surface area contributed by atoms with Gasteiger partial charge in [0.25, 0.3) is 0 Å². The summed E-state index contributed by atoms with van der Waals surface area (Å²) in [5.41, 5.74) is 11.1. The Morgan fingerprint density at radius 2 is 1.70 bits per heavy atom. The lowest BCUT2D eigenvalue weighted by Gasteiger charge is -2.60. The second kappa shape index (κ2) is 18.2. The highest BCUT2D eigenvalue weighted by molar-refractivity contribution is 7.99. The second-order valence-corrected chi connectivity index (χ2v) is 18.7. The molecule has 0 saturated carbocycles. The average molecular weight is 907 g/mol. The fourth-order valence-corrected chi connectivity index (χ4v) is 12.4. The predicted octanol–water partition coefficient (Wildman–Crippen LogP) is 8.90. The first-order valence-corrected chi connectivity index (χ1v) is 23.7. The maximum Gasteiger partial charge on any atom is 0.409 e. The van der Waals surface area contributed by atoms with E-state index in [2.05, 4.69) is 82.4 Å². The highest BCUT2D eigenvalue weighted by Gasteiger charge is 2.57. The van der Waals surface area contributed by atoms with Crippen molar-refractivity contribution in [3.05, 3.63) is 148 Å². The molecular formula is C53H54N4O8S. The molecule has 1 amide bonds. The van der Waals surface area contributed by atoms with E-state index in [1.807, 2.05) is 51.2 Å². The Labute approximate surface area is 390 Å². The second-order valence-electron chi connectivity index (χ2n) is 17.6. The van der Waals surface area contributed by atoms with Gasteiger partial charge in [0.2, 0.25) is 6.79 Å². The van der Waals surface area contributed by atoms with E-state index in [0.717, 1.165) is 44.7 Å². The van der Waals surface area contributed by atoms with Crippen LogP contribution >= 0.6 is 11.8 Å². The van der Waals surface area contributed by atoms with Crippen molar-refractivity contribution >= 4 is 17.9 Å². The Morgan fingerprint density at radius 3 is 2.41 bits per heavy atom. The molecule has 6 atom stereocenters. The van der Waals surface area contributed by atoms with E-state index in [-0.39, 0.29) is 56.4 Å². The van der Waals surface area contributed by atoms with E-state index in [0.29, 0.717) is 41.6 Å². The molecule has 4 aliphatic heterocycles. The monoisotopic (exact) mass is 906 g/mol. The quantitative estimate of drug-likeness (QED) is 0.0814. The summed E-state index contributed by atoms with van der Waals surface area (Å²) in [5.74, 6) is 3.76. The van der Waals surface area contributed by atoms with Gasteiger partial charge in [-0.25, -0.2) is 4.79 Å². The number of methoxy groups -OCH3 is 1. The minimum atomic E-state index is -0.786. The molecule has 13 heteroatoms. The summed E-state index contributed by atoms with van der Waals surface area (Å²) in [4.78, 5) is 18.2. The van der Waals surface area contributed by atoms with Crippen molar-refractivity contribution in [2.24, 2.45) is 0 Å². The molecule has 5 aromatic carbocycles. The third kappa shape index (κ3) is 7.50. The summed E-state index contributed by atoms with van der Waals surface area (Å²) in [6.07, 6.45) is 1.35. The number of hydrogen-bond donors (Lipinski definition) is 2. The third-order valence-electron chi connectivity index (χ3n) is 14.1.